The number of aliphatic imine (C=N–C) groups is 1. The van der Waals surface area contributed by atoms with Crippen LogP contribution in [0.2, 0.25) is 0 Å². The highest BCUT2D eigenvalue weighted by Crippen LogP contribution is 2.20. The van der Waals surface area contributed by atoms with Crippen LogP contribution in [0.1, 0.15) is 18.2 Å². The van der Waals surface area contributed by atoms with Crippen LogP contribution in [0.4, 0.5) is 8.78 Å². The van der Waals surface area contributed by atoms with Gasteiger partial charge in [0.05, 0.1) is 12.2 Å². The molecule has 0 atom stereocenters. The van der Waals surface area contributed by atoms with Gasteiger partial charge in [0.2, 0.25) is 0 Å². The number of halogens is 3. The third-order valence-corrected chi connectivity index (χ3v) is 4.03. The topological polar surface area (TPSA) is 63.0 Å². The number of nitrogens with one attached hydrogen (secondary N) is 2. The monoisotopic (exact) mass is 515 g/mol. The van der Waals surface area contributed by atoms with E-state index in [1.54, 1.807) is 18.2 Å². The number of pyridine rings is 1. The van der Waals surface area contributed by atoms with Crippen LogP contribution in [0.5, 0.6) is 5.75 Å². The number of ether oxygens (including phenoxy) is 1. The van der Waals surface area contributed by atoms with Crippen molar-refractivity contribution in [3.63, 3.8) is 0 Å². The zero-order valence-electron chi connectivity index (χ0n) is 16.0. The van der Waals surface area contributed by atoms with Gasteiger partial charge in [0.15, 0.2) is 5.96 Å². The highest BCUT2D eigenvalue weighted by Gasteiger charge is 2.09. The molecule has 0 aliphatic heterocycles. The Bertz CT molecular complexity index is 899. The molecule has 0 aliphatic carbocycles. The van der Waals surface area contributed by atoms with Gasteiger partial charge in [-0.05, 0) is 25.1 Å². The summed E-state index contributed by atoms with van der Waals surface area (Å²) in [6, 6.07) is 12.5. The maximum Gasteiger partial charge on any atom is 0.387 e. The molecule has 3 aromatic rings. The zero-order chi connectivity index (χ0) is 19.8. The maximum absolute atomic E-state index is 12.5. The molecule has 29 heavy (non-hydrogen) atoms. The number of benzene rings is 1. The molecule has 0 bridgehead atoms. The number of rotatable bonds is 8. The van der Waals surface area contributed by atoms with Crippen molar-refractivity contribution in [3.8, 4) is 5.75 Å². The Kier molecular flexibility index (Phi) is 9.10. The van der Waals surface area contributed by atoms with Gasteiger partial charge in [-0.25, -0.2) is 9.98 Å². The van der Waals surface area contributed by atoms with Gasteiger partial charge in [-0.3, -0.25) is 0 Å². The molecule has 0 amide bonds. The summed E-state index contributed by atoms with van der Waals surface area (Å²) in [5.41, 5.74) is 2.49. The first-order valence-electron chi connectivity index (χ1n) is 9.13. The minimum absolute atomic E-state index is 0. The lowest BCUT2D eigenvalue weighted by molar-refractivity contribution is -0.0504. The van der Waals surface area contributed by atoms with Gasteiger partial charge in [0.1, 0.15) is 11.4 Å². The molecule has 0 saturated carbocycles. The second-order valence-electron chi connectivity index (χ2n) is 6.06. The fourth-order valence-corrected chi connectivity index (χ4v) is 2.77. The largest absolute Gasteiger partial charge is 0.434 e. The Morgan fingerprint density at radius 1 is 1.17 bits per heavy atom. The summed E-state index contributed by atoms with van der Waals surface area (Å²) in [7, 11) is 0. The average Bonchev–Trinajstić information content (AvgIpc) is 3.09. The molecule has 0 radical (unpaired) electrons. The van der Waals surface area contributed by atoms with Gasteiger partial charge in [-0.1, -0.05) is 24.3 Å². The molecule has 156 valence electrons. The van der Waals surface area contributed by atoms with E-state index in [-0.39, 0.29) is 36.3 Å². The predicted molar refractivity (Wildman–Crippen MR) is 120 cm³/mol. The van der Waals surface area contributed by atoms with Crippen LogP contribution in [-0.2, 0) is 13.0 Å². The molecule has 0 aliphatic rings. The number of imidazole rings is 1. The molecule has 1 aromatic carbocycles. The Balaban J connectivity index is 0.00000300. The molecule has 2 N–H and O–H groups in total. The van der Waals surface area contributed by atoms with E-state index in [0.29, 0.717) is 24.6 Å². The SMILES string of the molecule is CCNC(=NCc1ccccc1OC(F)F)NCCc1cn2ccccc2n1.I. The van der Waals surface area contributed by atoms with E-state index in [1.807, 2.05) is 41.9 Å². The first kappa shape index (κ1) is 22.9. The fourth-order valence-electron chi connectivity index (χ4n) is 2.77. The van der Waals surface area contributed by atoms with Crippen LogP contribution in [0.25, 0.3) is 5.65 Å². The number of alkyl halides is 2. The van der Waals surface area contributed by atoms with Crippen molar-refractivity contribution in [2.45, 2.75) is 26.5 Å². The Hall–Kier alpha value is -2.43. The van der Waals surface area contributed by atoms with Crippen molar-refractivity contribution in [1.29, 1.82) is 0 Å². The predicted octanol–water partition coefficient (Wildman–Crippen LogP) is 3.85. The zero-order valence-corrected chi connectivity index (χ0v) is 18.3. The van der Waals surface area contributed by atoms with E-state index in [9.17, 15) is 8.78 Å². The molecule has 0 spiro atoms. The number of hydrogen-bond acceptors (Lipinski definition) is 3. The molecule has 0 saturated heterocycles. The number of fused-ring (bicyclic) bond motifs is 1. The molecular formula is C20H24F2IN5O. The molecule has 3 rings (SSSR count). The standard InChI is InChI=1S/C20H23F2N5O.HI/c1-2-23-20(25-13-15-7-3-4-8-17(15)28-19(21)22)24-11-10-16-14-27-12-6-5-9-18(27)26-16;/h3-9,12,14,19H,2,10-11,13H2,1H3,(H2,23,24,25);1H. The van der Waals surface area contributed by atoms with Crippen molar-refractivity contribution in [2.24, 2.45) is 4.99 Å². The van der Waals surface area contributed by atoms with Gasteiger partial charge in [0, 0.05) is 37.5 Å². The van der Waals surface area contributed by atoms with E-state index in [2.05, 4.69) is 25.3 Å². The Labute approximate surface area is 185 Å². The van der Waals surface area contributed by atoms with Gasteiger partial charge in [-0.15, -0.1) is 24.0 Å². The summed E-state index contributed by atoms with van der Waals surface area (Å²) in [5, 5.41) is 6.39. The minimum atomic E-state index is -2.86. The lowest BCUT2D eigenvalue weighted by Gasteiger charge is -2.12. The average molecular weight is 515 g/mol. The molecule has 2 aromatic heterocycles. The molecular weight excluding hydrogens is 491 g/mol. The fraction of sp³-hybridized carbons (Fsp3) is 0.300. The van der Waals surface area contributed by atoms with Crippen molar-refractivity contribution in [2.75, 3.05) is 13.1 Å². The lowest BCUT2D eigenvalue weighted by Crippen LogP contribution is -2.38. The van der Waals surface area contributed by atoms with Crippen molar-refractivity contribution in [1.82, 2.24) is 20.0 Å². The third-order valence-electron chi connectivity index (χ3n) is 4.03. The highest BCUT2D eigenvalue weighted by atomic mass is 127. The molecule has 9 heteroatoms. The van der Waals surface area contributed by atoms with Gasteiger partial charge in [-0.2, -0.15) is 8.78 Å². The second-order valence-corrected chi connectivity index (χ2v) is 6.06. The summed E-state index contributed by atoms with van der Waals surface area (Å²) in [6.45, 7) is 0.668. The van der Waals surface area contributed by atoms with Crippen LogP contribution < -0.4 is 15.4 Å². The van der Waals surface area contributed by atoms with E-state index in [0.717, 1.165) is 17.8 Å². The van der Waals surface area contributed by atoms with E-state index in [4.69, 9.17) is 0 Å². The summed E-state index contributed by atoms with van der Waals surface area (Å²) in [6.07, 6.45) is 4.69. The second kappa shape index (κ2) is 11.5. The summed E-state index contributed by atoms with van der Waals surface area (Å²) in [5.74, 6) is 0.750. The maximum atomic E-state index is 12.5. The number of guanidine groups is 1. The summed E-state index contributed by atoms with van der Waals surface area (Å²) < 4.78 is 31.6. The van der Waals surface area contributed by atoms with Crippen LogP contribution in [0.3, 0.4) is 0 Å². The van der Waals surface area contributed by atoms with Crippen LogP contribution in [-0.4, -0.2) is 35.0 Å². The number of aromatic nitrogens is 2. The van der Waals surface area contributed by atoms with Crippen LogP contribution in [0.15, 0.2) is 59.9 Å². The number of nitrogens with zero attached hydrogens (tertiary/aromatic N) is 3. The van der Waals surface area contributed by atoms with E-state index >= 15 is 0 Å². The Morgan fingerprint density at radius 2 is 1.97 bits per heavy atom. The van der Waals surface area contributed by atoms with Crippen molar-refractivity contribution < 1.29 is 13.5 Å². The van der Waals surface area contributed by atoms with E-state index in [1.165, 1.54) is 6.07 Å². The first-order chi connectivity index (χ1) is 13.7. The quantitative estimate of drug-likeness (QED) is 0.272. The molecule has 0 unspecified atom stereocenters. The first-order valence-corrected chi connectivity index (χ1v) is 9.13. The Morgan fingerprint density at radius 3 is 2.72 bits per heavy atom. The summed E-state index contributed by atoms with van der Waals surface area (Å²) >= 11 is 0. The number of hydrogen-bond donors (Lipinski definition) is 2. The smallest absolute Gasteiger partial charge is 0.387 e. The number of para-hydroxylation sites is 1. The van der Waals surface area contributed by atoms with Crippen molar-refractivity contribution >= 4 is 35.6 Å². The van der Waals surface area contributed by atoms with Gasteiger partial charge in [0.25, 0.3) is 0 Å². The molecule has 0 fully saturated rings. The molecule has 2 heterocycles. The lowest BCUT2D eigenvalue weighted by atomic mass is 10.2. The minimum Gasteiger partial charge on any atom is -0.434 e. The van der Waals surface area contributed by atoms with Crippen molar-refractivity contribution in [3.05, 3.63) is 66.1 Å². The van der Waals surface area contributed by atoms with Gasteiger partial charge < -0.3 is 19.8 Å². The van der Waals surface area contributed by atoms with Crippen LogP contribution in [0, 0.1) is 0 Å². The van der Waals surface area contributed by atoms with E-state index < -0.39 is 6.61 Å². The highest BCUT2D eigenvalue weighted by molar-refractivity contribution is 14.0. The third kappa shape index (κ3) is 6.84. The van der Waals surface area contributed by atoms with Gasteiger partial charge >= 0.3 is 6.61 Å². The molecule has 6 nitrogen and oxygen atoms in total. The summed E-state index contributed by atoms with van der Waals surface area (Å²) in [4.78, 5) is 9.03. The normalized spacial score (nSPS) is 11.4. The van der Waals surface area contributed by atoms with Crippen LogP contribution >= 0.6 is 24.0 Å².